The molecule has 2 heterocycles. The molecule has 81 heavy (non-hydrogen) atoms. The normalized spacial score (nSPS) is 24.2. The van der Waals surface area contributed by atoms with Gasteiger partial charge in [-0.1, -0.05) is 289 Å². The van der Waals surface area contributed by atoms with Gasteiger partial charge in [-0.2, -0.15) is 0 Å². The number of carbonyl (C=O) groups is 1. The maximum absolute atomic E-state index is 13.3. The van der Waals surface area contributed by atoms with E-state index in [0.717, 1.165) is 32.1 Å². The quantitative estimate of drug-likeness (QED) is 0.0204. The van der Waals surface area contributed by atoms with Crippen LogP contribution in [0.4, 0.5) is 0 Å². The summed E-state index contributed by atoms with van der Waals surface area (Å²) >= 11 is 0. The monoisotopic (exact) mass is 1150 g/mol. The van der Waals surface area contributed by atoms with E-state index in [-0.39, 0.29) is 18.9 Å². The topological polar surface area (TPSA) is 228 Å². The second-order valence-electron chi connectivity index (χ2n) is 24.3. The standard InChI is InChI=1S/C67H127NO13/c1-3-5-7-9-11-13-15-17-18-19-20-21-22-23-24-25-26-27-28-29-30-31-32-33-34-35-36-37-39-41-43-45-47-49-51-59(72)68-55(56(71)50-48-46-44-42-40-38-16-14-12-10-8-6-4-2)54-78-66-64(77)62(75)65(58(53-70)80-66)81-67-63(76)61(74)60(73)57(52-69)79-67/h40,42,48,50,55-58,60-67,69-71,73-77H,3-39,41,43-47,49,51-54H2,1-2H3,(H,68,72)/b42-40+,50-48+. The first-order valence-corrected chi connectivity index (χ1v) is 34.1. The largest absolute Gasteiger partial charge is 0.394 e. The summed E-state index contributed by atoms with van der Waals surface area (Å²) in [5.74, 6) is -0.244. The molecule has 2 rings (SSSR count). The molecule has 9 N–H and O–H groups in total. The SMILES string of the molecule is CCCCCCCCC/C=C/CC/C=C/C(O)C(COC1OC(CO)C(OC2OC(CO)C(O)C(O)C2O)C(O)C1O)NC(=O)CCCCCCCCCCCCCCCCCCCCCCCCCCCCCCCCCCCC. The van der Waals surface area contributed by atoms with E-state index in [1.807, 2.05) is 6.08 Å². The third-order valence-corrected chi connectivity index (χ3v) is 16.9. The Bertz CT molecular complexity index is 1450. The summed E-state index contributed by atoms with van der Waals surface area (Å²) in [5.41, 5.74) is 0. The molecule has 12 atom stereocenters. The Kier molecular flexibility index (Phi) is 49.2. The number of hydrogen-bond acceptors (Lipinski definition) is 13. The highest BCUT2D eigenvalue weighted by Crippen LogP contribution is 2.30. The van der Waals surface area contributed by atoms with Crippen molar-refractivity contribution in [2.75, 3.05) is 19.8 Å². The lowest BCUT2D eigenvalue weighted by Crippen LogP contribution is -2.65. The van der Waals surface area contributed by atoms with Crippen molar-refractivity contribution in [1.82, 2.24) is 5.32 Å². The van der Waals surface area contributed by atoms with E-state index in [0.29, 0.717) is 12.8 Å². The molecule has 0 aromatic rings. The second-order valence-corrected chi connectivity index (χ2v) is 24.3. The first-order chi connectivity index (χ1) is 39.6. The molecule has 0 aliphatic carbocycles. The van der Waals surface area contributed by atoms with Crippen LogP contribution in [0.1, 0.15) is 303 Å². The number of unbranched alkanes of at least 4 members (excludes halogenated alkanes) is 41. The average Bonchev–Trinajstić information content (AvgIpc) is 3.63. The maximum Gasteiger partial charge on any atom is 0.220 e. The van der Waals surface area contributed by atoms with Gasteiger partial charge in [0, 0.05) is 6.42 Å². The molecule has 14 heteroatoms. The molecule has 2 saturated heterocycles. The van der Waals surface area contributed by atoms with Crippen molar-refractivity contribution >= 4 is 5.91 Å². The van der Waals surface area contributed by atoms with Gasteiger partial charge in [0.2, 0.25) is 5.91 Å². The fourth-order valence-corrected chi connectivity index (χ4v) is 11.4. The van der Waals surface area contributed by atoms with Gasteiger partial charge in [-0.15, -0.1) is 0 Å². The Labute approximate surface area is 494 Å². The van der Waals surface area contributed by atoms with E-state index in [1.54, 1.807) is 6.08 Å². The summed E-state index contributed by atoms with van der Waals surface area (Å²) in [5, 5.41) is 87.1. The lowest BCUT2D eigenvalue weighted by atomic mass is 9.97. The summed E-state index contributed by atoms with van der Waals surface area (Å²) in [4.78, 5) is 13.3. The van der Waals surface area contributed by atoms with Gasteiger partial charge in [0.15, 0.2) is 12.6 Å². The van der Waals surface area contributed by atoms with Crippen LogP contribution in [0.25, 0.3) is 0 Å². The van der Waals surface area contributed by atoms with Gasteiger partial charge in [-0.05, 0) is 32.1 Å². The molecule has 14 nitrogen and oxygen atoms in total. The number of amides is 1. The minimum Gasteiger partial charge on any atom is -0.394 e. The van der Waals surface area contributed by atoms with Gasteiger partial charge >= 0.3 is 0 Å². The van der Waals surface area contributed by atoms with E-state index < -0.39 is 86.8 Å². The summed E-state index contributed by atoms with van der Waals surface area (Å²) in [7, 11) is 0. The van der Waals surface area contributed by atoms with E-state index >= 15 is 0 Å². The van der Waals surface area contributed by atoms with Crippen LogP contribution in [-0.4, -0.2) is 140 Å². The highest BCUT2D eigenvalue weighted by atomic mass is 16.7. The van der Waals surface area contributed by atoms with Crippen molar-refractivity contribution in [1.29, 1.82) is 0 Å². The third kappa shape index (κ3) is 37.6. The van der Waals surface area contributed by atoms with Crippen molar-refractivity contribution in [3.8, 4) is 0 Å². The molecule has 0 bridgehead atoms. The van der Waals surface area contributed by atoms with Crippen LogP contribution >= 0.6 is 0 Å². The average molecular weight is 1150 g/mol. The molecule has 2 aliphatic heterocycles. The number of rotatable bonds is 56. The van der Waals surface area contributed by atoms with Gasteiger partial charge in [0.05, 0.1) is 32.0 Å². The molecule has 1 amide bonds. The number of allylic oxidation sites excluding steroid dienone is 3. The fraction of sp³-hybridized carbons (Fsp3) is 0.925. The Hall–Kier alpha value is -1.53. The Morgan fingerprint density at radius 3 is 1.21 bits per heavy atom. The van der Waals surface area contributed by atoms with Gasteiger partial charge in [0.25, 0.3) is 0 Å². The van der Waals surface area contributed by atoms with Crippen molar-refractivity contribution in [3.05, 3.63) is 24.3 Å². The molecule has 2 fully saturated rings. The second kappa shape index (κ2) is 52.8. The van der Waals surface area contributed by atoms with Crippen molar-refractivity contribution in [2.45, 2.75) is 376 Å². The van der Waals surface area contributed by atoms with Gasteiger partial charge in [-0.25, -0.2) is 0 Å². The molecular formula is C67H127NO13. The third-order valence-electron chi connectivity index (χ3n) is 16.9. The van der Waals surface area contributed by atoms with Crippen LogP contribution in [-0.2, 0) is 23.7 Å². The molecule has 0 aromatic heterocycles. The van der Waals surface area contributed by atoms with Crippen LogP contribution in [0.2, 0.25) is 0 Å². The highest BCUT2D eigenvalue weighted by molar-refractivity contribution is 5.76. The Balaban J connectivity index is 1.59. The Morgan fingerprint density at radius 2 is 0.790 bits per heavy atom. The lowest BCUT2D eigenvalue weighted by Gasteiger charge is -2.46. The zero-order valence-electron chi connectivity index (χ0n) is 51.8. The number of aliphatic hydroxyl groups is 8. The Morgan fingerprint density at radius 1 is 0.432 bits per heavy atom. The molecule has 2 aliphatic rings. The highest BCUT2D eigenvalue weighted by Gasteiger charge is 2.51. The number of carbonyl (C=O) groups excluding carboxylic acids is 1. The van der Waals surface area contributed by atoms with E-state index in [9.17, 15) is 45.6 Å². The van der Waals surface area contributed by atoms with Crippen LogP contribution in [0.15, 0.2) is 24.3 Å². The van der Waals surface area contributed by atoms with Crippen LogP contribution in [0.3, 0.4) is 0 Å². The summed E-state index contributed by atoms with van der Waals surface area (Å²) in [6.07, 6.45) is 48.4. The minimum atomic E-state index is -1.79. The van der Waals surface area contributed by atoms with Gasteiger partial charge in [0.1, 0.15) is 48.8 Å². The summed E-state index contributed by atoms with van der Waals surface area (Å²) in [6, 6.07) is -0.927. The number of aliphatic hydroxyl groups excluding tert-OH is 8. The van der Waals surface area contributed by atoms with E-state index in [1.165, 1.54) is 238 Å². The van der Waals surface area contributed by atoms with Crippen LogP contribution < -0.4 is 5.32 Å². The van der Waals surface area contributed by atoms with Crippen LogP contribution in [0, 0.1) is 0 Å². The molecule has 0 radical (unpaired) electrons. The van der Waals surface area contributed by atoms with E-state index in [4.69, 9.17) is 18.9 Å². The molecule has 0 aromatic carbocycles. The molecule has 478 valence electrons. The molecule has 0 spiro atoms. The molecular weight excluding hydrogens is 1030 g/mol. The van der Waals surface area contributed by atoms with Crippen LogP contribution in [0.5, 0.6) is 0 Å². The minimum absolute atomic E-state index is 0.244. The first-order valence-electron chi connectivity index (χ1n) is 34.1. The number of hydrogen-bond donors (Lipinski definition) is 9. The van der Waals surface area contributed by atoms with Crippen molar-refractivity contribution in [2.24, 2.45) is 0 Å². The number of ether oxygens (including phenoxy) is 4. The van der Waals surface area contributed by atoms with Gasteiger partial charge < -0.3 is 65.1 Å². The van der Waals surface area contributed by atoms with Crippen molar-refractivity contribution < 1.29 is 64.6 Å². The van der Waals surface area contributed by atoms with E-state index in [2.05, 4.69) is 31.3 Å². The zero-order valence-corrected chi connectivity index (χ0v) is 51.8. The van der Waals surface area contributed by atoms with Crippen molar-refractivity contribution in [3.63, 3.8) is 0 Å². The first kappa shape index (κ1) is 75.6. The number of nitrogens with one attached hydrogen (secondary N) is 1. The fourth-order valence-electron chi connectivity index (χ4n) is 11.4. The van der Waals surface area contributed by atoms with Gasteiger partial charge in [-0.3, -0.25) is 4.79 Å². The summed E-state index contributed by atoms with van der Waals surface area (Å²) < 4.78 is 22.8. The summed E-state index contributed by atoms with van der Waals surface area (Å²) in [6.45, 7) is 2.80. The molecule has 0 saturated carbocycles. The maximum atomic E-state index is 13.3. The zero-order chi connectivity index (χ0) is 58.8. The molecule has 12 unspecified atom stereocenters. The predicted octanol–water partition coefficient (Wildman–Crippen LogP) is 13.2. The smallest absolute Gasteiger partial charge is 0.220 e. The predicted molar refractivity (Wildman–Crippen MR) is 328 cm³/mol. The lowest BCUT2D eigenvalue weighted by molar-refractivity contribution is -0.359.